The molecule has 0 radical (unpaired) electrons. The van der Waals surface area contributed by atoms with Gasteiger partial charge in [-0.25, -0.2) is 0 Å². The van der Waals surface area contributed by atoms with Crippen LogP contribution in [0.1, 0.15) is 90.9 Å². The van der Waals surface area contributed by atoms with Crippen LogP contribution in [-0.4, -0.2) is 32.0 Å². The topological polar surface area (TPSA) is 52.6 Å². The van der Waals surface area contributed by atoms with Gasteiger partial charge in [0.15, 0.2) is 0 Å². The minimum absolute atomic E-state index is 0.0857. The van der Waals surface area contributed by atoms with E-state index in [0.717, 1.165) is 57.8 Å². The molecular formula is C20H34I2O4. The summed E-state index contributed by atoms with van der Waals surface area (Å²) >= 11 is 4.82. The van der Waals surface area contributed by atoms with Crippen LogP contribution in [0, 0.1) is 0 Å². The number of carbonyl (C=O) groups is 2. The van der Waals surface area contributed by atoms with E-state index < -0.39 is 0 Å². The molecule has 6 heteroatoms. The molecule has 1 fully saturated rings. The first-order valence-corrected chi connectivity index (χ1v) is 12.5. The molecule has 0 aromatic carbocycles. The normalized spacial score (nSPS) is 22.5. The quantitative estimate of drug-likeness (QED) is 0.118. The first-order valence-electron chi connectivity index (χ1n) is 10.0. The van der Waals surface area contributed by atoms with Gasteiger partial charge in [-0.2, -0.15) is 0 Å². The van der Waals surface area contributed by atoms with Crippen molar-refractivity contribution in [3.05, 3.63) is 0 Å². The minimum Gasteiger partial charge on any atom is -0.462 e. The minimum atomic E-state index is -0.101. The van der Waals surface area contributed by atoms with Crippen molar-refractivity contribution in [3.63, 3.8) is 0 Å². The van der Waals surface area contributed by atoms with E-state index in [1.165, 1.54) is 0 Å². The molecule has 26 heavy (non-hydrogen) atoms. The first kappa shape index (κ1) is 24.4. The summed E-state index contributed by atoms with van der Waals surface area (Å²) in [5.41, 5.74) is 0. The van der Waals surface area contributed by atoms with Gasteiger partial charge in [0, 0.05) is 27.1 Å². The van der Waals surface area contributed by atoms with Crippen molar-refractivity contribution in [3.8, 4) is 0 Å². The Morgan fingerprint density at radius 1 is 0.846 bits per heavy atom. The summed E-state index contributed by atoms with van der Waals surface area (Å²) < 4.78 is 12.5. The van der Waals surface area contributed by atoms with Crippen molar-refractivity contribution in [2.24, 2.45) is 0 Å². The summed E-state index contributed by atoms with van der Waals surface area (Å²) in [5, 5.41) is 0. The molecule has 0 amide bonds. The number of esters is 2. The Hall–Kier alpha value is 0.400. The van der Waals surface area contributed by atoms with E-state index in [-0.39, 0.29) is 24.1 Å². The number of carbonyl (C=O) groups excluding carboxylic acids is 2. The van der Waals surface area contributed by atoms with Gasteiger partial charge in [-0.1, -0.05) is 71.9 Å². The molecule has 4 unspecified atom stereocenters. The van der Waals surface area contributed by atoms with E-state index in [1.807, 2.05) is 0 Å². The van der Waals surface area contributed by atoms with Gasteiger partial charge in [0.2, 0.25) is 0 Å². The lowest BCUT2D eigenvalue weighted by Crippen LogP contribution is -2.31. The molecule has 0 aromatic rings. The highest BCUT2D eigenvalue weighted by Gasteiger charge is 2.27. The third kappa shape index (κ3) is 12.7. The van der Waals surface area contributed by atoms with Gasteiger partial charge in [-0.15, -0.1) is 0 Å². The summed E-state index contributed by atoms with van der Waals surface area (Å²) in [5.74, 6) is -0.202. The van der Waals surface area contributed by atoms with Gasteiger partial charge >= 0.3 is 11.9 Å². The zero-order valence-electron chi connectivity index (χ0n) is 16.2. The summed E-state index contributed by atoms with van der Waals surface area (Å²) in [4.78, 5) is 24.0. The molecule has 1 aliphatic rings. The maximum atomic E-state index is 12.0. The predicted molar refractivity (Wildman–Crippen MR) is 122 cm³/mol. The SMILES string of the molecule is CC(I)CCCCC(=O)OC1CCCC(OC(=O)CCCCC(C)I)C1. The second kappa shape index (κ2) is 14.4. The molecule has 0 bridgehead atoms. The van der Waals surface area contributed by atoms with E-state index in [1.54, 1.807) is 0 Å². The van der Waals surface area contributed by atoms with Crippen LogP contribution < -0.4 is 0 Å². The Labute approximate surface area is 186 Å². The number of ether oxygens (including phenoxy) is 2. The fourth-order valence-corrected chi connectivity index (χ4v) is 4.08. The molecular weight excluding hydrogens is 558 g/mol. The Morgan fingerprint density at radius 2 is 1.27 bits per heavy atom. The lowest BCUT2D eigenvalue weighted by molar-refractivity contribution is -0.158. The Bertz CT molecular complexity index is 377. The van der Waals surface area contributed by atoms with Crippen molar-refractivity contribution < 1.29 is 19.1 Å². The van der Waals surface area contributed by atoms with E-state index in [0.29, 0.717) is 27.1 Å². The molecule has 0 heterocycles. The van der Waals surface area contributed by atoms with Crippen molar-refractivity contribution in [1.29, 1.82) is 0 Å². The predicted octanol–water partition coefficient (Wildman–Crippen LogP) is 6.15. The number of halogens is 2. The fourth-order valence-electron chi connectivity index (χ4n) is 3.20. The summed E-state index contributed by atoms with van der Waals surface area (Å²) in [6, 6.07) is 0. The highest BCUT2D eigenvalue weighted by atomic mass is 127. The largest absolute Gasteiger partial charge is 0.462 e. The molecule has 0 N–H and O–H groups in total. The second-order valence-electron chi connectivity index (χ2n) is 7.44. The van der Waals surface area contributed by atoms with E-state index >= 15 is 0 Å². The number of hydrogen-bond acceptors (Lipinski definition) is 4. The number of alkyl halides is 2. The average molecular weight is 592 g/mol. The van der Waals surface area contributed by atoms with Crippen molar-refractivity contribution >= 4 is 57.1 Å². The average Bonchev–Trinajstić information content (AvgIpc) is 2.55. The van der Waals surface area contributed by atoms with Crippen LogP contribution in [-0.2, 0) is 19.1 Å². The summed E-state index contributed by atoms with van der Waals surface area (Å²) in [7, 11) is 0. The van der Waals surface area contributed by atoms with Crippen molar-refractivity contribution in [2.45, 2.75) is 111 Å². The van der Waals surface area contributed by atoms with Crippen LogP contribution in [0.25, 0.3) is 0 Å². The standard InChI is InChI=1S/C20H34I2O4/c1-15(21)8-3-5-12-19(23)25-17-10-7-11-18(14-17)26-20(24)13-6-4-9-16(2)22/h15-18H,3-14H2,1-2H3. The van der Waals surface area contributed by atoms with Gasteiger partial charge in [0.1, 0.15) is 12.2 Å². The van der Waals surface area contributed by atoms with Crippen LogP contribution in [0.15, 0.2) is 0 Å². The van der Waals surface area contributed by atoms with Crippen molar-refractivity contribution in [2.75, 3.05) is 0 Å². The number of unbranched alkanes of at least 4 members (excludes halogenated alkanes) is 2. The van der Waals surface area contributed by atoms with Crippen molar-refractivity contribution in [1.82, 2.24) is 0 Å². The zero-order chi connectivity index (χ0) is 19.4. The van der Waals surface area contributed by atoms with Crippen LogP contribution in [0.4, 0.5) is 0 Å². The molecule has 4 nitrogen and oxygen atoms in total. The number of rotatable bonds is 12. The lowest BCUT2D eigenvalue weighted by Gasteiger charge is -2.28. The molecule has 0 aliphatic heterocycles. The fraction of sp³-hybridized carbons (Fsp3) is 0.900. The second-order valence-corrected chi connectivity index (χ2v) is 11.7. The molecule has 1 aliphatic carbocycles. The molecule has 0 spiro atoms. The van der Waals surface area contributed by atoms with Gasteiger partial charge in [-0.3, -0.25) is 9.59 Å². The number of hydrogen-bond donors (Lipinski definition) is 0. The van der Waals surface area contributed by atoms with Gasteiger partial charge in [-0.05, 0) is 44.9 Å². The highest BCUT2D eigenvalue weighted by Crippen LogP contribution is 2.25. The van der Waals surface area contributed by atoms with E-state index in [9.17, 15) is 9.59 Å². The van der Waals surface area contributed by atoms with E-state index in [4.69, 9.17) is 9.47 Å². The lowest BCUT2D eigenvalue weighted by atomic mass is 9.94. The molecule has 1 saturated carbocycles. The molecule has 152 valence electrons. The van der Waals surface area contributed by atoms with Gasteiger partial charge in [0.25, 0.3) is 0 Å². The molecule has 0 saturated heterocycles. The highest BCUT2D eigenvalue weighted by molar-refractivity contribution is 14.1. The Kier molecular flexibility index (Phi) is 13.5. The maximum absolute atomic E-state index is 12.0. The molecule has 0 aromatic heterocycles. The summed E-state index contributed by atoms with van der Waals surface area (Å²) in [6.45, 7) is 4.37. The van der Waals surface area contributed by atoms with Crippen LogP contribution in [0.2, 0.25) is 0 Å². The van der Waals surface area contributed by atoms with Gasteiger partial charge in [0.05, 0.1) is 0 Å². The first-order chi connectivity index (χ1) is 12.4. The zero-order valence-corrected chi connectivity index (χ0v) is 20.5. The molecule has 1 rings (SSSR count). The van der Waals surface area contributed by atoms with E-state index in [2.05, 4.69) is 59.0 Å². The third-order valence-corrected chi connectivity index (χ3v) is 5.89. The Balaban J connectivity index is 2.18. The van der Waals surface area contributed by atoms with Crippen LogP contribution in [0.5, 0.6) is 0 Å². The smallest absolute Gasteiger partial charge is 0.306 e. The van der Waals surface area contributed by atoms with Crippen LogP contribution in [0.3, 0.4) is 0 Å². The van der Waals surface area contributed by atoms with Crippen LogP contribution >= 0.6 is 45.2 Å². The third-order valence-electron chi connectivity index (χ3n) is 4.64. The maximum Gasteiger partial charge on any atom is 0.306 e. The monoisotopic (exact) mass is 592 g/mol. The van der Waals surface area contributed by atoms with Gasteiger partial charge < -0.3 is 9.47 Å². The molecule has 4 atom stereocenters. The summed E-state index contributed by atoms with van der Waals surface area (Å²) in [6.07, 6.45) is 10.4. The Morgan fingerprint density at radius 3 is 1.65 bits per heavy atom.